The Morgan fingerprint density at radius 1 is 0.318 bits per heavy atom. The second-order valence-corrected chi connectivity index (χ2v) is 11.4. The average Bonchev–Trinajstić information content (AvgIpc) is 3.11. The predicted octanol–water partition coefficient (Wildman–Crippen LogP) is 11.2. The Hall–Kier alpha value is -5.86. The van der Waals surface area contributed by atoms with Gasteiger partial charge in [-0.15, -0.1) is 0 Å². The van der Waals surface area contributed by atoms with Crippen LogP contribution in [0.5, 0.6) is 0 Å². The molecule has 2 heteroatoms. The van der Waals surface area contributed by atoms with Crippen molar-refractivity contribution in [2.24, 2.45) is 0 Å². The molecule has 0 saturated heterocycles. The molecule has 0 bridgehead atoms. The lowest BCUT2D eigenvalue weighted by Crippen LogP contribution is -1.91. The van der Waals surface area contributed by atoms with Gasteiger partial charge in [-0.05, 0) is 114 Å². The molecule has 2 heterocycles. The molecule has 0 aliphatic rings. The maximum atomic E-state index is 5.12. The molecular weight excluding hydrogens is 532 g/mol. The van der Waals surface area contributed by atoms with Crippen molar-refractivity contribution in [1.29, 1.82) is 0 Å². The molecule has 9 aromatic rings. The summed E-state index contributed by atoms with van der Waals surface area (Å²) in [5, 5.41) is 12.5. The van der Waals surface area contributed by atoms with Crippen LogP contribution in [-0.2, 0) is 0 Å². The molecule has 0 saturated carbocycles. The van der Waals surface area contributed by atoms with Gasteiger partial charge in [0.25, 0.3) is 0 Å². The molecule has 204 valence electrons. The second kappa shape index (κ2) is 9.86. The third-order valence-corrected chi connectivity index (χ3v) is 8.88. The summed E-state index contributed by atoms with van der Waals surface area (Å²) in [7, 11) is 0. The number of aromatic nitrogens is 2. The fourth-order valence-electron chi connectivity index (χ4n) is 6.88. The van der Waals surface area contributed by atoms with Crippen LogP contribution >= 0.6 is 0 Å². The summed E-state index contributed by atoms with van der Waals surface area (Å²) in [6, 6.07) is 52.7. The molecule has 2 aromatic heterocycles. The quantitative estimate of drug-likeness (QED) is 0.202. The van der Waals surface area contributed by atoms with Gasteiger partial charge >= 0.3 is 0 Å². The molecule has 0 unspecified atom stereocenters. The van der Waals surface area contributed by atoms with Gasteiger partial charge in [0.1, 0.15) is 0 Å². The lowest BCUT2D eigenvalue weighted by molar-refractivity contribution is 1.29. The van der Waals surface area contributed by atoms with E-state index in [-0.39, 0.29) is 0 Å². The number of pyridine rings is 2. The van der Waals surface area contributed by atoms with Gasteiger partial charge in [-0.1, -0.05) is 97.1 Å². The smallest absolute Gasteiger partial charge is 0.0710 e. The molecular formula is C42H26N2. The Balaban J connectivity index is 1.45. The highest BCUT2D eigenvalue weighted by molar-refractivity contribution is 6.33. The minimum absolute atomic E-state index is 0.941. The largest absolute Gasteiger partial charge is 0.265 e. The number of nitrogens with zero attached hydrogens (tertiary/aromatic N) is 2. The van der Waals surface area contributed by atoms with E-state index in [1.807, 2.05) is 24.5 Å². The van der Waals surface area contributed by atoms with Crippen LogP contribution in [0.15, 0.2) is 158 Å². The topological polar surface area (TPSA) is 25.8 Å². The summed E-state index contributed by atoms with van der Waals surface area (Å²) in [5.41, 5.74) is 6.51. The molecule has 0 fully saturated rings. The van der Waals surface area contributed by atoms with Crippen LogP contribution in [0.2, 0.25) is 0 Å². The first-order valence-electron chi connectivity index (χ1n) is 15.0. The zero-order valence-corrected chi connectivity index (χ0v) is 23.9. The van der Waals surface area contributed by atoms with Crippen LogP contribution in [0.4, 0.5) is 0 Å². The minimum Gasteiger partial charge on any atom is -0.265 e. The molecule has 2 nitrogen and oxygen atoms in total. The molecule has 44 heavy (non-hydrogen) atoms. The van der Waals surface area contributed by atoms with Crippen LogP contribution in [0.25, 0.3) is 87.5 Å². The van der Waals surface area contributed by atoms with Crippen molar-refractivity contribution in [1.82, 2.24) is 9.97 Å². The molecule has 0 radical (unpaired) electrons. The normalized spacial score (nSPS) is 11.6. The summed E-state index contributed by atoms with van der Waals surface area (Å²) in [6.07, 6.45) is 3.63. The Kier molecular flexibility index (Phi) is 5.54. The summed E-state index contributed by atoms with van der Waals surface area (Å²) in [4.78, 5) is 9.31. The maximum absolute atomic E-state index is 5.12. The highest BCUT2D eigenvalue weighted by Gasteiger charge is 2.16. The van der Waals surface area contributed by atoms with Crippen molar-refractivity contribution >= 4 is 53.9 Å². The molecule has 7 aromatic carbocycles. The van der Waals surface area contributed by atoms with Crippen LogP contribution < -0.4 is 0 Å². The summed E-state index contributed by atoms with van der Waals surface area (Å²) in [5.74, 6) is 0. The molecule has 0 atom stereocenters. The second-order valence-electron chi connectivity index (χ2n) is 11.4. The number of fused-ring (bicyclic) bond motifs is 5. The monoisotopic (exact) mass is 558 g/mol. The van der Waals surface area contributed by atoms with Crippen LogP contribution in [-0.4, -0.2) is 9.97 Å². The van der Waals surface area contributed by atoms with Crippen LogP contribution in [0.1, 0.15) is 0 Å². The summed E-state index contributed by atoms with van der Waals surface area (Å²) >= 11 is 0. The van der Waals surface area contributed by atoms with E-state index in [0.29, 0.717) is 0 Å². The van der Waals surface area contributed by atoms with E-state index < -0.39 is 0 Å². The lowest BCUT2D eigenvalue weighted by Gasteiger charge is -2.16. The molecule has 9 rings (SSSR count). The zero-order chi connectivity index (χ0) is 29.0. The van der Waals surface area contributed by atoms with E-state index in [4.69, 9.17) is 4.98 Å². The number of hydrogen-bond acceptors (Lipinski definition) is 2. The van der Waals surface area contributed by atoms with E-state index in [9.17, 15) is 0 Å². The Bertz CT molecular complexity index is 2530. The standard InChI is InChI=1S/C42H26N2/c1-2-9-27(10-3-1)31-23-29-17-18-30-24-32(40-16-8-15-39(44-40)28-19-21-43-22-20-28)26-38-36-14-7-5-12-34(36)33-11-4-6-13-35(33)37(25-31)41(29)42(30)38/h1-26H. The highest BCUT2D eigenvalue weighted by Crippen LogP contribution is 2.43. The van der Waals surface area contributed by atoms with Crippen molar-refractivity contribution in [2.75, 3.05) is 0 Å². The van der Waals surface area contributed by atoms with Gasteiger partial charge in [0, 0.05) is 23.5 Å². The van der Waals surface area contributed by atoms with E-state index in [0.717, 1.165) is 22.5 Å². The number of benzene rings is 6. The van der Waals surface area contributed by atoms with Gasteiger partial charge in [-0.25, -0.2) is 4.98 Å². The number of hydrogen-bond donors (Lipinski definition) is 0. The van der Waals surface area contributed by atoms with E-state index in [2.05, 4.69) is 138 Å². The van der Waals surface area contributed by atoms with Gasteiger partial charge in [0.05, 0.1) is 11.4 Å². The molecule has 0 aliphatic heterocycles. The van der Waals surface area contributed by atoms with E-state index in [1.54, 1.807) is 0 Å². The molecule has 0 aliphatic carbocycles. The van der Waals surface area contributed by atoms with Gasteiger partial charge in [0.2, 0.25) is 0 Å². The zero-order valence-electron chi connectivity index (χ0n) is 23.9. The lowest BCUT2D eigenvalue weighted by atomic mass is 9.87. The van der Waals surface area contributed by atoms with Crippen molar-refractivity contribution in [3.05, 3.63) is 158 Å². The van der Waals surface area contributed by atoms with Gasteiger partial charge in [0.15, 0.2) is 0 Å². The molecule has 0 N–H and O–H groups in total. The van der Waals surface area contributed by atoms with Crippen LogP contribution in [0, 0.1) is 0 Å². The summed E-state index contributed by atoms with van der Waals surface area (Å²) < 4.78 is 0. The van der Waals surface area contributed by atoms with E-state index >= 15 is 0 Å². The predicted molar refractivity (Wildman–Crippen MR) is 186 cm³/mol. The van der Waals surface area contributed by atoms with Crippen LogP contribution in [0.3, 0.4) is 0 Å². The Morgan fingerprint density at radius 2 is 0.818 bits per heavy atom. The summed E-state index contributed by atoms with van der Waals surface area (Å²) in [6.45, 7) is 0. The molecule has 0 spiro atoms. The third-order valence-electron chi connectivity index (χ3n) is 8.88. The van der Waals surface area contributed by atoms with Crippen molar-refractivity contribution in [3.8, 4) is 33.6 Å². The third kappa shape index (κ3) is 3.89. The average molecular weight is 559 g/mol. The Labute approximate surface area is 254 Å². The van der Waals surface area contributed by atoms with E-state index in [1.165, 1.54) is 65.0 Å². The van der Waals surface area contributed by atoms with Gasteiger partial charge in [-0.2, -0.15) is 0 Å². The SMILES string of the molecule is c1ccc(-c2cc3ccc4cc(-c5cccc(-c6ccncc6)n5)cc5c6ccccc6c6ccccc6c(c2)c3c45)cc1. The Morgan fingerprint density at radius 3 is 1.43 bits per heavy atom. The maximum Gasteiger partial charge on any atom is 0.0710 e. The fourth-order valence-corrected chi connectivity index (χ4v) is 6.88. The number of rotatable bonds is 3. The van der Waals surface area contributed by atoms with Gasteiger partial charge in [-0.3, -0.25) is 4.98 Å². The van der Waals surface area contributed by atoms with Crippen molar-refractivity contribution in [3.63, 3.8) is 0 Å². The van der Waals surface area contributed by atoms with Gasteiger partial charge < -0.3 is 0 Å². The first-order valence-corrected chi connectivity index (χ1v) is 15.0. The van der Waals surface area contributed by atoms with Crippen molar-refractivity contribution < 1.29 is 0 Å². The highest BCUT2D eigenvalue weighted by atomic mass is 14.7. The minimum atomic E-state index is 0.941. The molecule has 0 amide bonds. The fraction of sp³-hybridized carbons (Fsp3) is 0. The van der Waals surface area contributed by atoms with Crippen molar-refractivity contribution in [2.45, 2.75) is 0 Å². The first-order chi connectivity index (χ1) is 21.8. The first kappa shape index (κ1) is 24.7.